The molecule has 1 amide bonds. The van der Waals surface area contributed by atoms with E-state index in [0.717, 1.165) is 49.8 Å². The van der Waals surface area contributed by atoms with Crippen LogP contribution in [0.4, 0.5) is 14.5 Å². The number of carbonyl (C=O) groups excluding carboxylic acids is 1. The van der Waals surface area contributed by atoms with Crippen molar-refractivity contribution in [1.82, 2.24) is 9.55 Å². The van der Waals surface area contributed by atoms with Gasteiger partial charge in [0.25, 0.3) is 0 Å². The number of halogens is 3. The Kier molecular flexibility index (Phi) is 8.14. The number of hydrogen-bond acceptors (Lipinski definition) is 4. The molecule has 2 N–H and O–H groups in total. The number of hydrogen-bond donors (Lipinski definition) is 2. The van der Waals surface area contributed by atoms with Crippen LogP contribution in [0.2, 0.25) is 5.02 Å². The van der Waals surface area contributed by atoms with E-state index in [1.807, 2.05) is 30.3 Å². The molecule has 208 valence electrons. The number of carbonyl (C=O) groups is 2. The van der Waals surface area contributed by atoms with Crippen LogP contribution in [-0.2, 0) is 9.53 Å². The van der Waals surface area contributed by atoms with Crippen LogP contribution >= 0.6 is 11.6 Å². The molecule has 1 aliphatic carbocycles. The zero-order valence-corrected chi connectivity index (χ0v) is 22.5. The van der Waals surface area contributed by atoms with Crippen molar-refractivity contribution in [1.29, 1.82) is 0 Å². The van der Waals surface area contributed by atoms with Crippen LogP contribution in [0, 0.1) is 17.6 Å². The maximum Gasteiger partial charge on any atom is 0.335 e. The highest BCUT2D eigenvalue weighted by Crippen LogP contribution is 2.40. The van der Waals surface area contributed by atoms with Crippen LogP contribution in [0.3, 0.4) is 0 Å². The summed E-state index contributed by atoms with van der Waals surface area (Å²) >= 11 is 6.34. The van der Waals surface area contributed by atoms with Gasteiger partial charge < -0.3 is 19.7 Å². The highest BCUT2D eigenvalue weighted by Gasteiger charge is 2.36. The van der Waals surface area contributed by atoms with Crippen LogP contribution < -0.4 is 5.32 Å². The zero-order valence-electron chi connectivity index (χ0n) is 21.7. The predicted molar refractivity (Wildman–Crippen MR) is 148 cm³/mol. The summed E-state index contributed by atoms with van der Waals surface area (Å²) in [5, 5.41) is 12.2. The molecule has 40 heavy (non-hydrogen) atoms. The number of benzene rings is 3. The molecule has 0 bridgehead atoms. The van der Waals surface area contributed by atoms with Gasteiger partial charge in [-0.1, -0.05) is 61.2 Å². The lowest BCUT2D eigenvalue weighted by Gasteiger charge is -2.33. The summed E-state index contributed by atoms with van der Waals surface area (Å²) < 4.78 is 36.5. The molecule has 0 aliphatic heterocycles. The number of fused-ring (bicyclic) bond motifs is 1. The van der Waals surface area contributed by atoms with Gasteiger partial charge in [-0.25, -0.2) is 18.6 Å². The van der Waals surface area contributed by atoms with Crippen molar-refractivity contribution >= 4 is 40.2 Å². The van der Waals surface area contributed by atoms with E-state index in [1.54, 1.807) is 4.57 Å². The Morgan fingerprint density at radius 1 is 1.05 bits per heavy atom. The molecule has 1 unspecified atom stereocenters. The molecular weight excluding hydrogens is 540 g/mol. The van der Waals surface area contributed by atoms with Crippen LogP contribution in [0.15, 0.2) is 60.7 Å². The van der Waals surface area contributed by atoms with E-state index < -0.39 is 35.7 Å². The molecule has 1 aliphatic rings. The van der Waals surface area contributed by atoms with Gasteiger partial charge in [-0.2, -0.15) is 0 Å². The number of aromatic carboxylic acids is 1. The Bertz CT molecular complexity index is 1550. The molecule has 1 aromatic heterocycles. The van der Waals surface area contributed by atoms with Gasteiger partial charge in [-0.3, -0.25) is 4.79 Å². The average molecular weight is 568 g/mol. The van der Waals surface area contributed by atoms with Gasteiger partial charge in [0.15, 0.2) is 11.6 Å². The molecule has 0 spiro atoms. The summed E-state index contributed by atoms with van der Waals surface area (Å²) in [6.45, 7) is 0. The zero-order chi connectivity index (χ0) is 28.4. The molecule has 2 atom stereocenters. The number of methoxy groups -OCH3 is 1. The summed E-state index contributed by atoms with van der Waals surface area (Å²) in [6, 6.07) is 14.6. The maximum atomic E-state index is 14.6. The van der Waals surface area contributed by atoms with Gasteiger partial charge in [0.2, 0.25) is 5.91 Å². The Labute approximate surface area is 234 Å². The van der Waals surface area contributed by atoms with Crippen LogP contribution in [0.1, 0.15) is 66.0 Å². The number of rotatable bonds is 8. The molecule has 4 aromatic rings. The second-order valence-electron chi connectivity index (χ2n) is 9.95. The van der Waals surface area contributed by atoms with Gasteiger partial charge in [-0.05, 0) is 42.5 Å². The second-order valence-corrected chi connectivity index (χ2v) is 10.4. The van der Waals surface area contributed by atoms with E-state index in [4.69, 9.17) is 16.3 Å². The van der Waals surface area contributed by atoms with Gasteiger partial charge in [-0.15, -0.1) is 0 Å². The van der Waals surface area contributed by atoms with Gasteiger partial charge >= 0.3 is 5.97 Å². The summed E-state index contributed by atoms with van der Waals surface area (Å²) in [5.41, 5.74) is 1.46. The molecule has 3 aromatic carbocycles. The molecule has 5 rings (SSSR count). The number of nitrogens with one attached hydrogen (secondary N) is 1. The third kappa shape index (κ3) is 5.44. The summed E-state index contributed by atoms with van der Waals surface area (Å²) in [7, 11) is 1.52. The van der Waals surface area contributed by atoms with E-state index in [-0.39, 0.29) is 33.2 Å². The number of carboxylic acids is 1. The minimum atomic E-state index is -1.14. The second kappa shape index (κ2) is 11.7. The first-order chi connectivity index (χ1) is 19.3. The quantitative estimate of drug-likeness (QED) is 0.235. The molecule has 0 saturated heterocycles. The minimum Gasteiger partial charge on any atom is -0.478 e. The third-order valence-corrected chi connectivity index (χ3v) is 7.76. The molecule has 1 fully saturated rings. The minimum absolute atomic E-state index is 0.0157. The van der Waals surface area contributed by atoms with Gasteiger partial charge in [0.05, 0.1) is 27.3 Å². The normalized spacial score (nSPS) is 15.6. The highest BCUT2D eigenvalue weighted by molar-refractivity contribution is 6.34. The predicted octanol–water partition coefficient (Wildman–Crippen LogP) is 7.16. The average Bonchev–Trinajstić information content (AvgIpc) is 3.28. The van der Waals surface area contributed by atoms with Crippen LogP contribution in [0.25, 0.3) is 11.0 Å². The topological polar surface area (TPSA) is 93.5 Å². The Balaban J connectivity index is 1.68. The first-order valence-electron chi connectivity index (χ1n) is 13.1. The summed E-state index contributed by atoms with van der Waals surface area (Å²) in [4.78, 5) is 30.2. The fourth-order valence-electron chi connectivity index (χ4n) is 5.55. The molecule has 0 radical (unpaired) electrons. The fourth-order valence-corrected chi connectivity index (χ4v) is 5.78. The number of carboxylic acid groups (broad SMARTS) is 1. The van der Waals surface area contributed by atoms with E-state index >= 15 is 0 Å². The molecular formula is C30H28ClF2N3O4. The Hall–Kier alpha value is -3.82. The smallest absolute Gasteiger partial charge is 0.335 e. The molecule has 10 heteroatoms. The number of imidazole rings is 1. The highest BCUT2D eigenvalue weighted by atomic mass is 35.5. The van der Waals surface area contributed by atoms with Crippen molar-refractivity contribution in [2.45, 2.75) is 44.2 Å². The number of amides is 1. The number of ether oxygens (including phenoxy) is 1. The Morgan fingerprint density at radius 2 is 1.75 bits per heavy atom. The number of nitrogens with zero attached hydrogens (tertiary/aromatic N) is 2. The number of aromatic nitrogens is 2. The lowest BCUT2D eigenvalue weighted by molar-refractivity contribution is -0.121. The van der Waals surface area contributed by atoms with Crippen LogP contribution in [-0.4, -0.2) is 33.6 Å². The van der Waals surface area contributed by atoms with Gasteiger partial charge in [0, 0.05) is 19.2 Å². The van der Waals surface area contributed by atoms with Crippen molar-refractivity contribution < 1.29 is 28.2 Å². The molecule has 1 saturated carbocycles. The lowest BCUT2D eigenvalue weighted by Crippen LogP contribution is -2.35. The fraction of sp³-hybridized carbons (Fsp3) is 0.300. The van der Waals surface area contributed by atoms with Gasteiger partial charge in [0.1, 0.15) is 18.0 Å². The largest absolute Gasteiger partial charge is 0.478 e. The van der Waals surface area contributed by atoms with E-state index in [1.165, 1.54) is 25.3 Å². The monoisotopic (exact) mass is 567 g/mol. The van der Waals surface area contributed by atoms with Crippen molar-refractivity contribution in [3.63, 3.8) is 0 Å². The first kappa shape index (κ1) is 27.7. The van der Waals surface area contributed by atoms with Crippen molar-refractivity contribution in [2.75, 3.05) is 12.4 Å². The van der Waals surface area contributed by atoms with Crippen molar-refractivity contribution in [2.24, 2.45) is 5.92 Å². The van der Waals surface area contributed by atoms with Crippen molar-refractivity contribution in [3.05, 3.63) is 94.3 Å². The van der Waals surface area contributed by atoms with Crippen LogP contribution in [0.5, 0.6) is 0 Å². The first-order valence-corrected chi connectivity index (χ1v) is 13.4. The van der Waals surface area contributed by atoms with E-state index in [9.17, 15) is 23.5 Å². The van der Waals surface area contributed by atoms with E-state index in [0.29, 0.717) is 5.82 Å². The molecule has 7 nitrogen and oxygen atoms in total. The summed E-state index contributed by atoms with van der Waals surface area (Å²) in [5.74, 6) is -3.46. The lowest BCUT2D eigenvalue weighted by atomic mass is 9.83. The SMILES string of the molecule is COC(c1ccccc1)c1nc2cc(F)c(F)cc2n1[C@H](C(=O)Nc1ccc(C(=O)O)cc1Cl)C1CCCCC1. The maximum absolute atomic E-state index is 14.6. The summed E-state index contributed by atoms with van der Waals surface area (Å²) in [6.07, 6.45) is 3.64. The third-order valence-electron chi connectivity index (χ3n) is 7.45. The molecule has 1 heterocycles. The Morgan fingerprint density at radius 3 is 2.40 bits per heavy atom. The van der Waals surface area contributed by atoms with Crippen molar-refractivity contribution in [3.8, 4) is 0 Å². The standard InChI is InChI=1S/C30H28ClF2N3O4/c1-40-27(18-10-6-3-7-11-18)28-34-24-15-21(32)22(33)16-25(24)36(28)26(17-8-4-2-5-9-17)29(37)35-23-13-12-19(30(38)39)14-20(23)31/h3,6-7,10-17,26-27H,2,4-5,8-9H2,1H3,(H,35,37)(H,38,39)/t26-,27?/m0/s1. The number of anilines is 1. The van der Waals surface area contributed by atoms with E-state index in [2.05, 4.69) is 10.3 Å².